The van der Waals surface area contributed by atoms with Gasteiger partial charge in [-0.25, -0.2) is 4.79 Å². The number of hydrogen-bond acceptors (Lipinski definition) is 5. The van der Waals surface area contributed by atoms with Gasteiger partial charge in [-0.1, -0.05) is 23.7 Å². The lowest BCUT2D eigenvalue weighted by Crippen LogP contribution is -2.38. The van der Waals surface area contributed by atoms with Crippen LogP contribution in [-0.4, -0.2) is 23.9 Å². The number of aromatic carboxylic acids is 1. The lowest BCUT2D eigenvalue weighted by molar-refractivity contribution is -0.255. The van der Waals surface area contributed by atoms with E-state index < -0.39 is 23.9 Å². The monoisotopic (exact) mass is 344 g/mol. The number of rotatable bonds is 3. The maximum absolute atomic E-state index is 12.3. The van der Waals surface area contributed by atoms with Gasteiger partial charge in [0.15, 0.2) is 6.10 Å². The highest BCUT2D eigenvalue weighted by Crippen LogP contribution is 2.24. The van der Waals surface area contributed by atoms with Gasteiger partial charge in [-0.3, -0.25) is 4.79 Å². The van der Waals surface area contributed by atoms with E-state index in [4.69, 9.17) is 16.3 Å². The number of esters is 1. The van der Waals surface area contributed by atoms with E-state index in [0.29, 0.717) is 21.8 Å². The fourth-order valence-electron chi connectivity index (χ4n) is 2.42. The Morgan fingerprint density at radius 3 is 2.54 bits per heavy atom. The number of anilines is 1. The van der Waals surface area contributed by atoms with Crippen LogP contribution in [0.15, 0.2) is 42.5 Å². The molecular formula is C17H11ClNO5-. The minimum Gasteiger partial charge on any atom is -0.545 e. The maximum Gasteiger partial charge on any atom is 0.339 e. The van der Waals surface area contributed by atoms with Crippen LogP contribution in [0.3, 0.4) is 0 Å². The van der Waals surface area contributed by atoms with Crippen LogP contribution in [0.1, 0.15) is 26.3 Å². The minimum absolute atomic E-state index is 0.000613. The summed E-state index contributed by atoms with van der Waals surface area (Å²) in [5.41, 5.74) is 1.42. The summed E-state index contributed by atoms with van der Waals surface area (Å²) in [4.78, 5) is 34.9. The molecule has 0 saturated carbocycles. The van der Waals surface area contributed by atoms with E-state index >= 15 is 0 Å². The molecule has 24 heavy (non-hydrogen) atoms. The number of carbonyl (C=O) groups excluding carboxylic acids is 3. The highest BCUT2D eigenvalue weighted by molar-refractivity contribution is 6.30. The minimum atomic E-state index is -1.30. The van der Waals surface area contributed by atoms with Crippen LogP contribution in [0.5, 0.6) is 0 Å². The van der Waals surface area contributed by atoms with Crippen molar-refractivity contribution in [3.63, 3.8) is 0 Å². The molecule has 0 aliphatic carbocycles. The Bertz CT molecular complexity index is 831. The standard InChI is InChI=1S/C17H12ClNO5/c18-11-3-6-13-10(7-11)8-14(24-17(13)23)15(20)19-12-4-1-9(2-5-12)16(21)22/h1-7,14H,8H2,(H,19,20)(H,21,22)/p-1/t14-/m0/s1. The van der Waals surface area contributed by atoms with Crippen molar-refractivity contribution in [1.29, 1.82) is 0 Å². The zero-order chi connectivity index (χ0) is 17.3. The van der Waals surface area contributed by atoms with Gasteiger partial charge in [0.2, 0.25) is 0 Å². The SMILES string of the molecule is O=C([O-])c1ccc(NC(=O)[C@@H]2Cc3cc(Cl)ccc3C(=O)O2)cc1. The average molecular weight is 345 g/mol. The van der Waals surface area contributed by atoms with Gasteiger partial charge in [-0.15, -0.1) is 0 Å². The number of amides is 1. The molecule has 0 radical (unpaired) electrons. The quantitative estimate of drug-likeness (QED) is 0.850. The van der Waals surface area contributed by atoms with E-state index in [1.807, 2.05) is 0 Å². The van der Waals surface area contributed by atoms with Crippen molar-refractivity contribution in [2.45, 2.75) is 12.5 Å². The molecule has 0 saturated heterocycles. The van der Waals surface area contributed by atoms with Crippen LogP contribution >= 0.6 is 11.6 Å². The van der Waals surface area contributed by atoms with E-state index in [-0.39, 0.29) is 12.0 Å². The molecule has 0 aromatic heterocycles. The molecule has 2 aromatic carbocycles. The molecule has 2 aromatic rings. The van der Waals surface area contributed by atoms with Crippen LogP contribution in [0, 0.1) is 0 Å². The van der Waals surface area contributed by atoms with Gasteiger partial charge in [-0.05, 0) is 41.5 Å². The van der Waals surface area contributed by atoms with E-state index in [2.05, 4.69) is 5.32 Å². The predicted octanol–water partition coefficient (Wildman–Crippen LogP) is 1.42. The number of carboxylic acids is 1. The summed E-state index contributed by atoms with van der Waals surface area (Å²) in [5.74, 6) is -2.39. The molecule has 0 bridgehead atoms. The Hall–Kier alpha value is -2.86. The number of cyclic esters (lactones) is 1. The first-order valence-corrected chi connectivity index (χ1v) is 7.43. The molecule has 0 unspecified atom stereocenters. The van der Waals surface area contributed by atoms with Crippen LogP contribution < -0.4 is 10.4 Å². The molecule has 122 valence electrons. The lowest BCUT2D eigenvalue weighted by atomic mass is 9.98. The third-order valence-electron chi connectivity index (χ3n) is 3.62. The molecule has 1 amide bonds. The summed E-state index contributed by atoms with van der Waals surface area (Å²) >= 11 is 5.92. The lowest BCUT2D eigenvalue weighted by Gasteiger charge is -2.24. The van der Waals surface area contributed by atoms with Crippen molar-refractivity contribution < 1.29 is 24.2 Å². The summed E-state index contributed by atoms with van der Waals surface area (Å²) in [7, 11) is 0. The summed E-state index contributed by atoms with van der Waals surface area (Å²) in [6, 6.07) is 10.3. The number of fused-ring (bicyclic) bond motifs is 1. The van der Waals surface area contributed by atoms with E-state index in [0.717, 1.165) is 0 Å². The topological polar surface area (TPSA) is 95.5 Å². The summed E-state index contributed by atoms with van der Waals surface area (Å²) < 4.78 is 5.15. The van der Waals surface area contributed by atoms with Crippen LogP contribution in [0.4, 0.5) is 5.69 Å². The van der Waals surface area contributed by atoms with Crippen molar-refractivity contribution in [2.24, 2.45) is 0 Å². The molecule has 1 N–H and O–H groups in total. The van der Waals surface area contributed by atoms with Gasteiger partial charge in [0.1, 0.15) is 0 Å². The number of carboxylic acid groups (broad SMARTS) is 1. The van der Waals surface area contributed by atoms with E-state index in [1.165, 1.54) is 24.3 Å². The second-order valence-electron chi connectivity index (χ2n) is 5.25. The van der Waals surface area contributed by atoms with Crippen molar-refractivity contribution in [1.82, 2.24) is 0 Å². The normalized spacial score (nSPS) is 16.0. The predicted molar refractivity (Wildman–Crippen MR) is 83.8 cm³/mol. The van der Waals surface area contributed by atoms with Gasteiger partial charge in [-0.2, -0.15) is 0 Å². The highest BCUT2D eigenvalue weighted by Gasteiger charge is 2.31. The smallest absolute Gasteiger partial charge is 0.339 e. The second kappa shape index (κ2) is 6.33. The number of hydrogen-bond donors (Lipinski definition) is 1. The summed E-state index contributed by atoms with van der Waals surface area (Å²) in [6.07, 6.45) is -0.769. The fraction of sp³-hybridized carbons (Fsp3) is 0.118. The Morgan fingerprint density at radius 2 is 1.88 bits per heavy atom. The molecule has 1 atom stereocenters. The van der Waals surface area contributed by atoms with Gasteiger partial charge in [0, 0.05) is 17.1 Å². The Morgan fingerprint density at radius 1 is 1.17 bits per heavy atom. The zero-order valence-electron chi connectivity index (χ0n) is 12.2. The molecular weight excluding hydrogens is 334 g/mol. The number of halogens is 1. The number of ether oxygens (including phenoxy) is 1. The third kappa shape index (κ3) is 3.23. The van der Waals surface area contributed by atoms with Crippen LogP contribution in [-0.2, 0) is 16.0 Å². The number of benzene rings is 2. The summed E-state index contributed by atoms with van der Waals surface area (Å²) in [5, 5.41) is 13.7. The Balaban J connectivity index is 1.74. The number of carbonyl (C=O) groups is 3. The molecule has 0 fully saturated rings. The first kappa shape index (κ1) is 16.0. The molecule has 0 spiro atoms. The maximum atomic E-state index is 12.3. The van der Waals surface area contributed by atoms with Crippen molar-refractivity contribution in [3.05, 3.63) is 64.2 Å². The van der Waals surface area contributed by atoms with Gasteiger partial charge in [0.25, 0.3) is 5.91 Å². The molecule has 1 aliphatic heterocycles. The molecule has 3 rings (SSSR count). The first-order valence-electron chi connectivity index (χ1n) is 7.06. The fourth-order valence-corrected chi connectivity index (χ4v) is 2.62. The van der Waals surface area contributed by atoms with E-state index in [9.17, 15) is 19.5 Å². The Labute approximate surface area is 142 Å². The van der Waals surface area contributed by atoms with Crippen LogP contribution in [0.2, 0.25) is 5.02 Å². The Kier molecular flexibility index (Phi) is 4.22. The molecule has 6 nitrogen and oxygen atoms in total. The van der Waals surface area contributed by atoms with Crippen LogP contribution in [0.25, 0.3) is 0 Å². The van der Waals surface area contributed by atoms with Gasteiger partial charge < -0.3 is 20.0 Å². The number of nitrogens with one attached hydrogen (secondary N) is 1. The summed E-state index contributed by atoms with van der Waals surface area (Å²) in [6.45, 7) is 0. The average Bonchev–Trinajstić information content (AvgIpc) is 2.54. The van der Waals surface area contributed by atoms with Crippen molar-refractivity contribution in [3.8, 4) is 0 Å². The molecule has 1 aliphatic rings. The van der Waals surface area contributed by atoms with Gasteiger partial charge >= 0.3 is 5.97 Å². The zero-order valence-corrected chi connectivity index (χ0v) is 13.0. The highest BCUT2D eigenvalue weighted by atomic mass is 35.5. The molecule has 7 heteroatoms. The first-order chi connectivity index (χ1) is 11.4. The van der Waals surface area contributed by atoms with E-state index in [1.54, 1.807) is 18.2 Å². The van der Waals surface area contributed by atoms with Gasteiger partial charge in [0.05, 0.1) is 11.5 Å². The largest absolute Gasteiger partial charge is 0.545 e. The van der Waals surface area contributed by atoms with Crippen molar-refractivity contribution in [2.75, 3.05) is 5.32 Å². The third-order valence-corrected chi connectivity index (χ3v) is 3.86. The molecule has 1 heterocycles. The second-order valence-corrected chi connectivity index (χ2v) is 5.69. The van der Waals surface area contributed by atoms with Crippen molar-refractivity contribution >= 4 is 35.1 Å².